The Morgan fingerprint density at radius 3 is 3.00 bits per heavy atom. The molecule has 2 amide bonds. The van der Waals surface area contributed by atoms with Gasteiger partial charge in [-0.25, -0.2) is 0 Å². The van der Waals surface area contributed by atoms with Crippen molar-refractivity contribution in [2.75, 3.05) is 43.4 Å². The van der Waals surface area contributed by atoms with Crippen molar-refractivity contribution in [1.29, 1.82) is 0 Å². The van der Waals surface area contributed by atoms with Gasteiger partial charge in [-0.1, -0.05) is 6.07 Å². The van der Waals surface area contributed by atoms with E-state index in [0.29, 0.717) is 19.6 Å². The molecule has 3 rings (SSSR count). The van der Waals surface area contributed by atoms with Crippen LogP contribution in [0.1, 0.15) is 12.0 Å². The third-order valence-corrected chi connectivity index (χ3v) is 4.10. The van der Waals surface area contributed by atoms with Gasteiger partial charge in [-0.15, -0.1) is 0 Å². The minimum atomic E-state index is -0.0307. The molecule has 1 aromatic carbocycles. The van der Waals surface area contributed by atoms with E-state index in [0.717, 1.165) is 36.3 Å². The van der Waals surface area contributed by atoms with Crippen LogP contribution in [0.25, 0.3) is 0 Å². The molecular weight excluding hydrogens is 268 g/mol. The quantitative estimate of drug-likeness (QED) is 0.750. The van der Waals surface area contributed by atoms with E-state index in [1.54, 1.807) is 9.80 Å². The number of amides is 2. The molecule has 6 nitrogen and oxygen atoms in total. The number of carbonyl (C=O) groups is 2. The number of fused-ring (bicyclic) bond motifs is 1. The lowest BCUT2D eigenvalue weighted by atomic mass is 10.00. The molecule has 0 aliphatic carbocycles. The molecule has 0 saturated carbocycles. The number of benzene rings is 1. The summed E-state index contributed by atoms with van der Waals surface area (Å²) in [5.74, 6) is -0.0452. The van der Waals surface area contributed by atoms with Gasteiger partial charge in [0.05, 0.1) is 6.54 Å². The maximum atomic E-state index is 12.6. The third-order valence-electron chi connectivity index (χ3n) is 4.10. The topological polar surface area (TPSA) is 78.7 Å². The molecule has 1 saturated heterocycles. The summed E-state index contributed by atoms with van der Waals surface area (Å²) in [5.41, 5.74) is 8.68. The number of nitrogens with zero attached hydrogens (tertiary/aromatic N) is 2. The predicted molar refractivity (Wildman–Crippen MR) is 81.0 cm³/mol. The highest BCUT2D eigenvalue weighted by Gasteiger charge is 2.27. The van der Waals surface area contributed by atoms with E-state index in [-0.39, 0.29) is 18.4 Å². The van der Waals surface area contributed by atoms with Gasteiger partial charge in [0.25, 0.3) is 0 Å². The Balaban J connectivity index is 1.77. The Morgan fingerprint density at radius 1 is 1.33 bits per heavy atom. The van der Waals surface area contributed by atoms with E-state index in [2.05, 4.69) is 5.32 Å². The summed E-state index contributed by atoms with van der Waals surface area (Å²) in [5, 5.41) is 3.01. The highest BCUT2D eigenvalue weighted by atomic mass is 16.2. The zero-order valence-corrected chi connectivity index (χ0v) is 12.0. The van der Waals surface area contributed by atoms with Gasteiger partial charge in [0.1, 0.15) is 6.54 Å². The van der Waals surface area contributed by atoms with Crippen molar-refractivity contribution in [2.24, 2.45) is 0 Å². The number of hydrogen-bond acceptors (Lipinski definition) is 4. The summed E-state index contributed by atoms with van der Waals surface area (Å²) >= 11 is 0. The molecule has 1 fully saturated rings. The summed E-state index contributed by atoms with van der Waals surface area (Å²) in [7, 11) is 0. The minimum Gasteiger partial charge on any atom is -0.398 e. The fourth-order valence-corrected chi connectivity index (χ4v) is 2.97. The van der Waals surface area contributed by atoms with Crippen molar-refractivity contribution < 1.29 is 9.59 Å². The van der Waals surface area contributed by atoms with E-state index in [1.165, 1.54) is 0 Å². The number of nitrogens with two attached hydrogens (primary N) is 1. The molecule has 21 heavy (non-hydrogen) atoms. The molecule has 2 heterocycles. The standard InChI is InChI=1S/C15H20N4O2/c16-12-4-1-5-13-11(12)3-2-7-19(13)15(21)10-18-8-6-17-9-14(18)20/h1,4-5,17H,2-3,6-10,16H2. The van der Waals surface area contributed by atoms with Crippen LogP contribution in [0, 0.1) is 0 Å². The molecule has 1 aromatic rings. The summed E-state index contributed by atoms with van der Waals surface area (Å²) in [6, 6.07) is 5.67. The van der Waals surface area contributed by atoms with Crippen LogP contribution in [0.15, 0.2) is 18.2 Å². The van der Waals surface area contributed by atoms with Gasteiger partial charge in [-0.2, -0.15) is 0 Å². The number of carbonyl (C=O) groups excluding carboxylic acids is 2. The van der Waals surface area contributed by atoms with Gasteiger partial charge in [0.2, 0.25) is 11.8 Å². The molecular formula is C15H20N4O2. The Labute approximate surface area is 123 Å². The van der Waals surface area contributed by atoms with Crippen LogP contribution in [0.3, 0.4) is 0 Å². The monoisotopic (exact) mass is 288 g/mol. The van der Waals surface area contributed by atoms with Crippen LogP contribution in [0.2, 0.25) is 0 Å². The fraction of sp³-hybridized carbons (Fsp3) is 0.467. The molecule has 0 unspecified atom stereocenters. The fourth-order valence-electron chi connectivity index (χ4n) is 2.97. The van der Waals surface area contributed by atoms with E-state index in [9.17, 15) is 9.59 Å². The molecule has 2 aliphatic heterocycles. The van der Waals surface area contributed by atoms with Crippen LogP contribution in [-0.4, -0.2) is 49.4 Å². The first-order chi connectivity index (χ1) is 10.2. The number of nitrogen functional groups attached to an aromatic ring is 1. The highest BCUT2D eigenvalue weighted by Crippen LogP contribution is 2.31. The summed E-state index contributed by atoms with van der Waals surface area (Å²) < 4.78 is 0. The lowest BCUT2D eigenvalue weighted by molar-refractivity contribution is -0.136. The molecule has 0 radical (unpaired) electrons. The van der Waals surface area contributed by atoms with Gasteiger partial charge in [-0.3, -0.25) is 9.59 Å². The van der Waals surface area contributed by atoms with Crippen LogP contribution in [0.4, 0.5) is 11.4 Å². The number of rotatable bonds is 2. The largest absolute Gasteiger partial charge is 0.398 e. The second-order valence-corrected chi connectivity index (χ2v) is 5.49. The van der Waals surface area contributed by atoms with Crippen molar-refractivity contribution in [3.63, 3.8) is 0 Å². The Hall–Kier alpha value is -2.08. The average molecular weight is 288 g/mol. The zero-order valence-electron chi connectivity index (χ0n) is 12.0. The second-order valence-electron chi connectivity index (χ2n) is 5.49. The highest BCUT2D eigenvalue weighted by molar-refractivity contribution is 5.98. The first-order valence-electron chi connectivity index (χ1n) is 7.33. The van der Waals surface area contributed by atoms with Crippen LogP contribution >= 0.6 is 0 Å². The lowest BCUT2D eigenvalue weighted by Crippen LogP contribution is -2.52. The molecule has 0 bridgehead atoms. The average Bonchev–Trinajstić information content (AvgIpc) is 2.49. The van der Waals surface area contributed by atoms with Crippen molar-refractivity contribution in [3.8, 4) is 0 Å². The smallest absolute Gasteiger partial charge is 0.246 e. The Morgan fingerprint density at radius 2 is 2.19 bits per heavy atom. The first kappa shape index (κ1) is 13.9. The van der Waals surface area contributed by atoms with E-state index in [1.807, 2.05) is 18.2 Å². The third kappa shape index (κ3) is 2.71. The van der Waals surface area contributed by atoms with Gasteiger partial charge in [-0.05, 0) is 30.5 Å². The van der Waals surface area contributed by atoms with Crippen LogP contribution in [0.5, 0.6) is 0 Å². The molecule has 3 N–H and O–H groups in total. The summed E-state index contributed by atoms with van der Waals surface area (Å²) in [6.45, 7) is 2.48. The summed E-state index contributed by atoms with van der Waals surface area (Å²) in [4.78, 5) is 27.7. The number of nitrogens with one attached hydrogen (secondary N) is 1. The number of piperazine rings is 1. The molecule has 6 heteroatoms. The molecule has 0 atom stereocenters. The zero-order chi connectivity index (χ0) is 14.8. The van der Waals surface area contributed by atoms with Gasteiger partial charge >= 0.3 is 0 Å². The maximum absolute atomic E-state index is 12.6. The molecule has 0 spiro atoms. The molecule has 2 aliphatic rings. The molecule has 112 valence electrons. The normalized spacial score (nSPS) is 18.6. The SMILES string of the molecule is Nc1cccc2c1CCCN2C(=O)CN1CCNCC1=O. The van der Waals surface area contributed by atoms with E-state index in [4.69, 9.17) is 5.73 Å². The predicted octanol–water partition coefficient (Wildman–Crippen LogP) is -0.0202. The minimum absolute atomic E-state index is 0.0144. The van der Waals surface area contributed by atoms with Gasteiger partial charge in [0.15, 0.2) is 0 Å². The van der Waals surface area contributed by atoms with Crippen molar-refractivity contribution in [1.82, 2.24) is 10.2 Å². The van der Waals surface area contributed by atoms with Crippen molar-refractivity contribution in [2.45, 2.75) is 12.8 Å². The van der Waals surface area contributed by atoms with Gasteiger partial charge < -0.3 is 20.9 Å². The second kappa shape index (κ2) is 5.73. The van der Waals surface area contributed by atoms with E-state index >= 15 is 0 Å². The van der Waals surface area contributed by atoms with Crippen molar-refractivity contribution in [3.05, 3.63) is 23.8 Å². The Bertz CT molecular complexity index is 573. The van der Waals surface area contributed by atoms with Gasteiger partial charge in [0, 0.05) is 31.0 Å². The van der Waals surface area contributed by atoms with Crippen molar-refractivity contribution >= 4 is 23.2 Å². The number of hydrogen-bond donors (Lipinski definition) is 2. The lowest BCUT2D eigenvalue weighted by Gasteiger charge is -2.33. The van der Waals surface area contributed by atoms with Crippen LogP contribution < -0.4 is 16.0 Å². The van der Waals surface area contributed by atoms with Crippen LogP contribution in [-0.2, 0) is 16.0 Å². The molecule has 0 aromatic heterocycles. The number of anilines is 2. The summed E-state index contributed by atoms with van der Waals surface area (Å²) in [6.07, 6.45) is 1.81. The Kier molecular flexibility index (Phi) is 3.79. The first-order valence-corrected chi connectivity index (χ1v) is 7.33. The van der Waals surface area contributed by atoms with E-state index < -0.39 is 0 Å². The maximum Gasteiger partial charge on any atom is 0.246 e.